The van der Waals surface area contributed by atoms with Crippen LogP contribution in [0.4, 0.5) is 17.6 Å². The van der Waals surface area contributed by atoms with Crippen molar-refractivity contribution in [3.8, 4) is 5.75 Å². The predicted molar refractivity (Wildman–Crippen MR) is 90.4 cm³/mol. The van der Waals surface area contributed by atoms with E-state index in [0.717, 1.165) is 4.47 Å². The van der Waals surface area contributed by atoms with E-state index in [2.05, 4.69) is 30.4 Å². The molecule has 0 unspecified atom stereocenters. The van der Waals surface area contributed by atoms with E-state index in [1.807, 2.05) is 0 Å². The number of rotatable bonds is 7. The van der Waals surface area contributed by atoms with Crippen LogP contribution in [0.2, 0.25) is 0 Å². The van der Waals surface area contributed by atoms with Crippen molar-refractivity contribution in [2.75, 3.05) is 0 Å². The molecule has 2 aromatic carbocycles. The fraction of sp³-hybridized carbons (Fsp3) is 0.235. The lowest BCUT2D eigenvalue weighted by Crippen LogP contribution is -2.11. The van der Waals surface area contributed by atoms with Gasteiger partial charge in [0.15, 0.2) is 0 Å². The van der Waals surface area contributed by atoms with Crippen LogP contribution in [0.5, 0.6) is 5.75 Å². The number of benzene rings is 2. The highest BCUT2D eigenvalue weighted by Crippen LogP contribution is 2.26. The third-order valence-electron chi connectivity index (χ3n) is 3.64. The third kappa shape index (κ3) is 4.34. The van der Waals surface area contributed by atoms with Crippen molar-refractivity contribution in [1.82, 2.24) is 9.55 Å². The monoisotopic (exact) mass is 432 g/mol. The number of para-hydroxylation sites is 1. The molecule has 0 aliphatic carbocycles. The maximum absolute atomic E-state index is 12.6. The Morgan fingerprint density at radius 3 is 2.54 bits per heavy atom. The molecular formula is C17H13BrF4N2O2. The second kappa shape index (κ2) is 8.05. The topological polar surface area (TPSA) is 36.3 Å². The minimum atomic E-state index is -2.97. The first-order valence-corrected chi connectivity index (χ1v) is 8.30. The molecule has 0 amide bonds. The summed E-state index contributed by atoms with van der Waals surface area (Å²) < 4.78 is 61.4. The number of ether oxygens (including phenoxy) is 2. The van der Waals surface area contributed by atoms with Crippen LogP contribution in [0.3, 0.4) is 0 Å². The van der Waals surface area contributed by atoms with E-state index < -0.39 is 19.8 Å². The molecule has 4 nitrogen and oxygen atoms in total. The van der Waals surface area contributed by atoms with Gasteiger partial charge >= 0.3 is 13.2 Å². The second-order valence-electron chi connectivity index (χ2n) is 5.31. The molecule has 0 N–H and O–H groups in total. The Kier molecular flexibility index (Phi) is 5.77. The lowest BCUT2D eigenvalue weighted by atomic mass is 10.2. The average molecular weight is 433 g/mol. The maximum Gasteiger partial charge on any atom is 0.387 e. The van der Waals surface area contributed by atoms with Gasteiger partial charge in [-0.25, -0.2) is 4.98 Å². The van der Waals surface area contributed by atoms with Crippen LogP contribution in [0, 0.1) is 0 Å². The molecule has 0 saturated heterocycles. The Morgan fingerprint density at radius 1 is 1.04 bits per heavy atom. The van der Waals surface area contributed by atoms with Gasteiger partial charge < -0.3 is 14.0 Å². The molecule has 0 atom stereocenters. The molecule has 0 radical (unpaired) electrons. The largest absolute Gasteiger partial charge is 0.434 e. The van der Waals surface area contributed by atoms with Crippen molar-refractivity contribution in [1.29, 1.82) is 0 Å². The number of hydrogen-bond donors (Lipinski definition) is 0. The number of hydrogen-bond acceptors (Lipinski definition) is 3. The van der Waals surface area contributed by atoms with Crippen molar-refractivity contribution in [3.05, 3.63) is 58.3 Å². The number of aromatic nitrogens is 2. The number of alkyl halides is 4. The van der Waals surface area contributed by atoms with E-state index in [0.29, 0.717) is 16.6 Å². The summed E-state index contributed by atoms with van der Waals surface area (Å²) in [5.74, 6) is 0.269. The van der Waals surface area contributed by atoms with Gasteiger partial charge in [-0.2, -0.15) is 17.6 Å². The Balaban J connectivity index is 2.03. The van der Waals surface area contributed by atoms with Crippen LogP contribution in [-0.4, -0.2) is 22.8 Å². The molecule has 0 aliphatic rings. The first kappa shape index (κ1) is 18.7. The van der Waals surface area contributed by atoms with E-state index in [9.17, 15) is 17.6 Å². The summed E-state index contributed by atoms with van der Waals surface area (Å²) in [6, 6.07) is 11.6. The SMILES string of the molecule is FC(F)OCc1nc2ccc(Br)cc2n1Cc1ccccc1OC(F)F. The standard InChI is InChI=1S/C17H13BrF4N2O2/c18-11-5-6-12-13(7-11)24(15(23-12)9-25-16(19)20)8-10-3-1-2-4-14(10)26-17(21)22/h1-7,16-17H,8-9H2. The first-order valence-electron chi connectivity index (χ1n) is 7.51. The molecule has 9 heteroatoms. The fourth-order valence-corrected chi connectivity index (χ4v) is 2.93. The molecule has 26 heavy (non-hydrogen) atoms. The minimum Gasteiger partial charge on any atom is -0.434 e. The molecule has 3 aromatic rings. The zero-order chi connectivity index (χ0) is 18.7. The molecule has 1 heterocycles. The van der Waals surface area contributed by atoms with Crippen molar-refractivity contribution < 1.29 is 27.0 Å². The lowest BCUT2D eigenvalue weighted by molar-refractivity contribution is -0.139. The van der Waals surface area contributed by atoms with Gasteiger partial charge in [-0.3, -0.25) is 0 Å². The summed E-state index contributed by atoms with van der Waals surface area (Å²) in [5, 5.41) is 0. The second-order valence-corrected chi connectivity index (χ2v) is 6.22. The molecule has 0 aliphatic heterocycles. The van der Waals surface area contributed by atoms with Crippen LogP contribution in [0.25, 0.3) is 11.0 Å². The summed E-state index contributed by atoms with van der Waals surface area (Å²) >= 11 is 3.35. The molecule has 0 fully saturated rings. The number of fused-ring (bicyclic) bond motifs is 1. The first-order chi connectivity index (χ1) is 12.4. The minimum absolute atomic E-state index is 0.0140. The van der Waals surface area contributed by atoms with Crippen LogP contribution in [0.15, 0.2) is 46.9 Å². The van der Waals surface area contributed by atoms with Crippen LogP contribution < -0.4 is 4.74 Å². The van der Waals surface area contributed by atoms with Gasteiger partial charge in [0.1, 0.15) is 18.2 Å². The zero-order valence-corrected chi connectivity index (χ0v) is 14.8. The Hall–Kier alpha value is -2.13. The van der Waals surface area contributed by atoms with E-state index in [-0.39, 0.29) is 18.1 Å². The van der Waals surface area contributed by atoms with Gasteiger partial charge in [-0.05, 0) is 24.3 Å². The van der Waals surface area contributed by atoms with Crippen molar-refractivity contribution in [2.24, 2.45) is 0 Å². The number of halogens is 5. The van der Waals surface area contributed by atoms with Crippen LogP contribution >= 0.6 is 15.9 Å². The summed E-state index contributed by atoms with van der Waals surface area (Å²) in [5.41, 5.74) is 1.69. The third-order valence-corrected chi connectivity index (χ3v) is 4.14. The van der Waals surface area contributed by atoms with E-state index >= 15 is 0 Å². The van der Waals surface area contributed by atoms with Gasteiger partial charge in [0.2, 0.25) is 0 Å². The molecular weight excluding hydrogens is 420 g/mol. The van der Waals surface area contributed by atoms with E-state index in [1.54, 1.807) is 41.0 Å². The normalized spacial score (nSPS) is 11.7. The average Bonchev–Trinajstić information content (AvgIpc) is 2.91. The summed E-state index contributed by atoms with van der Waals surface area (Å²) in [6.45, 7) is -6.21. The molecule has 0 bridgehead atoms. The van der Waals surface area contributed by atoms with Gasteiger partial charge in [0.25, 0.3) is 0 Å². The van der Waals surface area contributed by atoms with E-state index in [4.69, 9.17) is 0 Å². The van der Waals surface area contributed by atoms with Crippen molar-refractivity contribution in [3.63, 3.8) is 0 Å². The molecule has 1 aromatic heterocycles. The van der Waals surface area contributed by atoms with Crippen molar-refractivity contribution in [2.45, 2.75) is 26.4 Å². The Morgan fingerprint density at radius 2 is 1.81 bits per heavy atom. The quantitative estimate of drug-likeness (QED) is 0.482. The van der Waals surface area contributed by atoms with E-state index in [1.165, 1.54) is 6.07 Å². The number of imidazole rings is 1. The molecule has 0 saturated carbocycles. The van der Waals surface area contributed by atoms with Gasteiger partial charge in [-0.1, -0.05) is 34.1 Å². The van der Waals surface area contributed by atoms with Gasteiger partial charge in [-0.15, -0.1) is 0 Å². The molecule has 0 spiro atoms. The van der Waals surface area contributed by atoms with Gasteiger partial charge in [0.05, 0.1) is 17.6 Å². The van der Waals surface area contributed by atoms with Crippen molar-refractivity contribution >= 4 is 27.0 Å². The highest BCUT2D eigenvalue weighted by molar-refractivity contribution is 9.10. The van der Waals surface area contributed by atoms with Gasteiger partial charge in [0, 0.05) is 10.0 Å². The summed E-state index contributed by atoms with van der Waals surface area (Å²) in [6.07, 6.45) is 0. The molecule has 138 valence electrons. The molecule has 3 rings (SSSR count). The highest BCUT2D eigenvalue weighted by atomic mass is 79.9. The Labute approximate surface area is 154 Å². The fourth-order valence-electron chi connectivity index (χ4n) is 2.59. The smallest absolute Gasteiger partial charge is 0.387 e. The summed E-state index contributed by atoms with van der Waals surface area (Å²) in [4.78, 5) is 4.31. The van der Waals surface area contributed by atoms with Crippen LogP contribution in [-0.2, 0) is 17.9 Å². The number of nitrogens with zero attached hydrogens (tertiary/aromatic N) is 2. The highest BCUT2D eigenvalue weighted by Gasteiger charge is 2.16. The maximum atomic E-state index is 12.6. The predicted octanol–water partition coefficient (Wildman–Crippen LogP) is 5.19. The lowest BCUT2D eigenvalue weighted by Gasteiger charge is -2.14. The Bertz CT molecular complexity index is 902. The summed E-state index contributed by atoms with van der Waals surface area (Å²) in [7, 11) is 0. The zero-order valence-electron chi connectivity index (χ0n) is 13.2. The van der Waals surface area contributed by atoms with Crippen LogP contribution in [0.1, 0.15) is 11.4 Å².